The van der Waals surface area contributed by atoms with E-state index in [1.165, 1.54) is 12.8 Å². The van der Waals surface area contributed by atoms with Crippen LogP contribution in [0.15, 0.2) is 18.2 Å². The van der Waals surface area contributed by atoms with Crippen LogP contribution in [-0.4, -0.2) is 19.0 Å². The summed E-state index contributed by atoms with van der Waals surface area (Å²) in [5, 5.41) is 6.76. The first-order chi connectivity index (χ1) is 8.65. The van der Waals surface area contributed by atoms with E-state index in [2.05, 4.69) is 17.6 Å². The molecule has 1 aliphatic carbocycles. The van der Waals surface area contributed by atoms with Crippen molar-refractivity contribution in [2.45, 2.75) is 32.2 Å². The van der Waals surface area contributed by atoms with Gasteiger partial charge in [0.05, 0.1) is 10.7 Å². The van der Waals surface area contributed by atoms with Crippen molar-refractivity contribution in [2.24, 2.45) is 5.92 Å². The van der Waals surface area contributed by atoms with Gasteiger partial charge in [-0.25, -0.2) is 0 Å². The molecule has 0 spiro atoms. The van der Waals surface area contributed by atoms with Crippen molar-refractivity contribution in [2.75, 3.05) is 12.4 Å². The molecule has 1 saturated carbocycles. The topological polar surface area (TPSA) is 41.1 Å². The predicted octanol–water partition coefficient (Wildman–Crippen LogP) is 3.30. The second-order valence-corrected chi connectivity index (χ2v) is 5.18. The van der Waals surface area contributed by atoms with Gasteiger partial charge < -0.3 is 10.6 Å². The maximum atomic E-state index is 11.6. The quantitative estimate of drug-likeness (QED) is 0.859. The van der Waals surface area contributed by atoms with Gasteiger partial charge in [0, 0.05) is 18.7 Å². The molecule has 0 aromatic heterocycles. The smallest absolute Gasteiger partial charge is 0.251 e. The Morgan fingerprint density at radius 1 is 1.50 bits per heavy atom. The van der Waals surface area contributed by atoms with Crippen LogP contribution in [0.4, 0.5) is 5.69 Å². The number of halogens is 1. The van der Waals surface area contributed by atoms with Gasteiger partial charge in [0.25, 0.3) is 5.91 Å². The highest BCUT2D eigenvalue weighted by Crippen LogP contribution is 2.36. The van der Waals surface area contributed by atoms with Crippen molar-refractivity contribution in [1.29, 1.82) is 0 Å². The molecule has 0 radical (unpaired) electrons. The zero-order valence-electron chi connectivity index (χ0n) is 10.8. The molecule has 3 nitrogen and oxygen atoms in total. The fraction of sp³-hybridized carbons (Fsp3) is 0.500. The number of hydrogen-bond acceptors (Lipinski definition) is 2. The minimum atomic E-state index is -0.0887. The monoisotopic (exact) mass is 266 g/mol. The van der Waals surface area contributed by atoms with Crippen molar-refractivity contribution in [3.05, 3.63) is 28.8 Å². The molecule has 1 aliphatic rings. The maximum Gasteiger partial charge on any atom is 0.251 e. The Morgan fingerprint density at radius 3 is 2.78 bits per heavy atom. The Bertz CT molecular complexity index is 443. The summed E-state index contributed by atoms with van der Waals surface area (Å²) in [5.74, 6) is 0.670. The highest BCUT2D eigenvalue weighted by atomic mass is 35.5. The van der Waals surface area contributed by atoms with E-state index in [9.17, 15) is 4.79 Å². The molecule has 2 rings (SSSR count). The van der Waals surface area contributed by atoms with E-state index >= 15 is 0 Å². The van der Waals surface area contributed by atoms with Crippen molar-refractivity contribution in [3.63, 3.8) is 0 Å². The number of anilines is 1. The average Bonchev–Trinajstić information content (AvgIpc) is 3.21. The van der Waals surface area contributed by atoms with Gasteiger partial charge in [-0.3, -0.25) is 4.79 Å². The number of benzene rings is 1. The number of carbonyl (C=O) groups is 1. The lowest BCUT2D eigenvalue weighted by atomic mass is 10.1. The lowest BCUT2D eigenvalue weighted by molar-refractivity contribution is 0.0963. The Morgan fingerprint density at radius 2 is 2.22 bits per heavy atom. The minimum Gasteiger partial charge on any atom is -0.381 e. The molecule has 2 N–H and O–H groups in total. The molecule has 0 heterocycles. The third kappa shape index (κ3) is 2.96. The molecular weight excluding hydrogens is 248 g/mol. The first kappa shape index (κ1) is 13.2. The molecule has 0 bridgehead atoms. The molecule has 1 unspecified atom stereocenters. The lowest BCUT2D eigenvalue weighted by Gasteiger charge is -2.19. The van der Waals surface area contributed by atoms with Gasteiger partial charge in [0.1, 0.15) is 0 Å². The standard InChI is InChI=1S/C14H19ClN2O/c1-3-12(9-4-5-9)17-13-8-10(14(18)16-2)6-7-11(13)15/h6-9,12,17H,3-5H2,1-2H3,(H,16,18). The van der Waals surface area contributed by atoms with Crippen LogP contribution in [-0.2, 0) is 0 Å². The highest BCUT2D eigenvalue weighted by Gasteiger charge is 2.30. The SMILES string of the molecule is CCC(Nc1cc(C(=O)NC)ccc1Cl)C1CC1. The molecule has 1 atom stereocenters. The fourth-order valence-corrected chi connectivity index (χ4v) is 2.35. The van der Waals surface area contributed by atoms with Gasteiger partial charge >= 0.3 is 0 Å². The summed E-state index contributed by atoms with van der Waals surface area (Å²) >= 11 is 6.18. The second kappa shape index (κ2) is 5.61. The van der Waals surface area contributed by atoms with Crippen LogP contribution in [0.3, 0.4) is 0 Å². The molecular formula is C14H19ClN2O. The molecule has 1 aromatic rings. The van der Waals surface area contributed by atoms with E-state index in [0.717, 1.165) is 18.0 Å². The Kier molecular flexibility index (Phi) is 4.12. The van der Waals surface area contributed by atoms with Gasteiger partial charge in [0.2, 0.25) is 0 Å². The third-order valence-corrected chi connectivity index (χ3v) is 3.76. The van der Waals surface area contributed by atoms with Crippen molar-refractivity contribution in [1.82, 2.24) is 5.32 Å². The maximum absolute atomic E-state index is 11.6. The molecule has 1 fully saturated rings. The van der Waals surface area contributed by atoms with Gasteiger partial charge in [-0.1, -0.05) is 18.5 Å². The van der Waals surface area contributed by atoms with Gasteiger partial charge in [-0.2, -0.15) is 0 Å². The van der Waals surface area contributed by atoms with E-state index in [1.807, 2.05) is 6.07 Å². The summed E-state index contributed by atoms with van der Waals surface area (Å²) < 4.78 is 0. The van der Waals surface area contributed by atoms with E-state index in [1.54, 1.807) is 19.2 Å². The molecule has 18 heavy (non-hydrogen) atoms. The van der Waals surface area contributed by atoms with Crippen molar-refractivity contribution >= 4 is 23.2 Å². The van der Waals surface area contributed by atoms with Gasteiger partial charge in [-0.05, 0) is 43.4 Å². The molecule has 0 aliphatic heterocycles. The van der Waals surface area contributed by atoms with E-state index in [0.29, 0.717) is 16.6 Å². The van der Waals surface area contributed by atoms with E-state index < -0.39 is 0 Å². The number of nitrogens with one attached hydrogen (secondary N) is 2. The lowest BCUT2D eigenvalue weighted by Crippen LogP contribution is -2.22. The first-order valence-corrected chi connectivity index (χ1v) is 6.81. The van der Waals surface area contributed by atoms with Crippen LogP contribution >= 0.6 is 11.6 Å². The highest BCUT2D eigenvalue weighted by molar-refractivity contribution is 6.33. The van der Waals surface area contributed by atoms with E-state index in [-0.39, 0.29) is 5.91 Å². The summed E-state index contributed by atoms with van der Waals surface area (Å²) in [7, 11) is 1.63. The average molecular weight is 267 g/mol. The van der Waals surface area contributed by atoms with Crippen LogP contribution in [0.1, 0.15) is 36.5 Å². The summed E-state index contributed by atoms with van der Waals surface area (Å²) in [6.07, 6.45) is 3.65. The van der Waals surface area contributed by atoms with Crippen LogP contribution in [0.25, 0.3) is 0 Å². The number of amides is 1. The van der Waals surface area contributed by atoms with Crippen LogP contribution in [0.5, 0.6) is 0 Å². The van der Waals surface area contributed by atoms with Crippen LogP contribution < -0.4 is 10.6 Å². The second-order valence-electron chi connectivity index (χ2n) is 4.77. The van der Waals surface area contributed by atoms with Gasteiger partial charge in [0.15, 0.2) is 0 Å². The molecule has 1 amide bonds. The Balaban J connectivity index is 2.17. The first-order valence-electron chi connectivity index (χ1n) is 6.44. The summed E-state index contributed by atoms with van der Waals surface area (Å²) in [6.45, 7) is 2.17. The summed E-state index contributed by atoms with van der Waals surface area (Å²) in [4.78, 5) is 11.6. The van der Waals surface area contributed by atoms with Crippen LogP contribution in [0, 0.1) is 5.92 Å². The minimum absolute atomic E-state index is 0.0887. The number of hydrogen-bond donors (Lipinski definition) is 2. The summed E-state index contributed by atoms with van der Waals surface area (Å²) in [6, 6.07) is 5.80. The van der Waals surface area contributed by atoms with Gasteiger partial charge in [-0.15, -0.1) is 0 Å². The molecule has 4 heteroatoms. The fourth-order valence-electron chi connectivity index (χ4n) is 2.17. The Labute approximate surface area is 113 Å². The Hall–Kier alpha value is -1.22. The summed E-state index contributed by atoms with van der Waals surface area (Å²) in [5.41, 5.74) is 1.49. The third-order valence-electron chi connectivity index (χ3n) is 3.43. The number of rotatable bonds is 5. The zero-order valence-corrected chi connectivity index (χ0v) is 11.6. The molecule has 0 saturated heterocycles. The van der Waals surface area contributed by atoms with Crippen molar-refractivity contribution in [3.8, 4) is 0 Å². The van der Waals surface area contributed by atoms with Crippen molar-refractivity contribution < 1.29 is 4.79 Å². The largest absolute Gasteiger partial charge is 0.381 e. The predicted molar refractivity (Wildman–Crippen MR) is 75.3 cm³/mol. The van der Waals surface area contributed by atoms with Crippen LogP contribution in [0.2, 0.25) is 5.02 Å². The number of carbonyl (C=O) groups excluding carboxylic acids is 1. The van der Waals surface area contributed by atoms with E-state index in [4.69, 9.17) is 11.6 Å². The normalized spacial score (nSPS) is 16.2. The zero-order chi connectivity index (χ0) is 13.1. The molecule has 1 aromatic carbocycles. The molecule has 98 valence electrons.